The molecular formula is C13H19NO3S. The Morgan fingerprint density at radius 2 is 2.28 bits per heavy atom. The molecule has 1 unspecified atom stereocenters. The van der Waals surface area contributed by atoms with E-state index in [0.29, 0.717) is 12.3 Å². The number of rotatable bonds is 3. The number of nitrogens with zero attached hydrogens (tertiary/aromatic N) is 1. The van der Waals surface area contributed by atoms with Gasteiger partial charge < -0.3 is 14.4 Å². The summed E-state index contributed by atoms with van der Waals surface area (Å²) in [5.74, 6) is 0.232. The lowest BCUT2D eigenvalue weighted by Crippen LogP contribution is -2.48. The highest BCUT2D eigenvalue weighted by Crippen LogP contribution is 2.29. The molecule has 0 aliphatic carbocycles. The summed E-state index contributed by atoms with van der Waals surface area (Å²) in [4.78, 5) is 14.1. The smallest absolute Gasteiger partial charge is 0.289 e. The first-order valence-electron chi connectivity index (χ1n) is 6.10. The molecule has 1 aliphatic heterocycles. The Balaban J connectivity index is 2.18. The molecule has 5 heteroatoms. The zero-order valence-corrected chi connectivity index (χ0v) is 11.8. The molecule has 1 amide bonds. The van der Waals surface area contributed by atoms with E-state index in [1.165, 1.54) is 11.8 Å². The Labute approximate surface area is 111 Å². The van der Waals surface area contributed by atoms with Gasteiger partial charge in [-0.2, -0.15) is 0 Å². The average molecular weight is 269 g/mol. The predicted molar refractivity (Wildman–Crippen MR) is 70.8 cm³/mol. The highest BCUT2D eigenvalue weighted by molar-refractivity contribution is 7.98. The van der Waals surface area contributed by atoms with Gasteiger partial charge in [-0.05, 0) is 45.1 Å². The van der Waals surface area contributed by atoms with Crippen molar-refractivity contribution in [1.29, 1.82) is 0 Å². The maximum atomic E-state index is 12.3. The van der Waals surface area contributed by atoms with Crippen molar-refractivity contribution in [3.63, 3.8) is 0 Å². The van der Waals surface area contributed by atoms with E-state index in [-0.39, 0.29) is 11.9 Å². The number of aliphatic hydroxyl groups is 1. The Morgan fingerprint density at radius 3 is 2.83 bits per heavy atom. The minimum absolute atomic E-state index is 0.125. The molecule has 18 heavy (non-hydrogen) atoms. The Hall–Kier alpha value is -0.940. The number of hydrogen-bond acceptors (Lipinski definition) is 4. The Morgan fingerprint density at radius 1 is 1.56 bits per heavy atom. The van der Waals surface area contributed by atoms with Crippen molar-refractivity contribution in [1.82, 2.24) is 4.90 Å². The molecule has 1 aromatic heterocycles. The third kappa shape index (κ3) is 2.57. The largest absolute Gasteiger partial charge is 0.445 e. The number of hydrogen-bond donors (Lipinski definition) is 1. The third-order valence-electron chi connectivity index (χ3n) is 3.32. The van der Waals surface area contributed by atoms with Crippen molar-refractivity contribution in [3.8, 4) is 0 Å². The van der Waals surface area contributed by atoms with Crippen LogP contribution >= 0.6 is 11.8 Å². The third-order valence-corrected chi connectivity index (χ3v) is 3.94. The van der Waals surface area contributed by atoms with Gasteiger partial charge in [0.2, 0.25) is 0 Å². The number of carbonyl (C=O) groups excluding carboxylic acids is 1. The topological polar surface area (TPSA) is 53.7 Å². The molecule has 1 atom stereocenters. The molecule has 2 rings (SSSR count). The maximum Gasteiger partial charge on any atom is 0.289 e. The predicted octanol–water partition coefficient (Wildman–Crippen LogP) is 2.38. The van der Waals surface area contributed by atoms with E-state index < -0.39 is 5.60 Å². The van der Waals surface area contributed by atoms with E-state index in [2.05, 4.69) is 0 Å². The first-order chi connectivity index (χ1) is 8.43. The molecule has 1 aromatic rings. The van der Waals surface area contributed by atoms with Crippen LogP contribution in [0.1, 0.15) is 37.2 Å². The Kier molecular flexibility index (Phi) is 3.73. The zero-order chi connectivity index (χ0) is 13.3. The van der Waals surface area contributed by atoms with Crippen LogP contribution in [0.5, 0.6) is 0 Å². The highest BCUT2D eigenvalue weighted by Gasteiger charge is 2.39. The van der Waals surface area contributed by atoms with Gasteiger partial charge in [0.05, 0.1) is 11.6 Å². The molecule has 1 saturated heterocycles. The summed E-state index contributed by atoms with van der Waals surface area (Å²) in [6.45, 7) is 4.18. The molecule has 0 radical (unpaired) electrons. The normalized spacial score (nSPS) is 20.4. The molecule has 0 aromatic carbocycles. The summed E-state index contributed by atoms with van der Waals surface area (Å²) in [7, 11) is 0. The molecule has 0 saturated carbocycles. The Bertz CT molecular complexity index is 436. The van der Waals surface area contributed by atoms with Gasteiger partial charge in [-0.1, -0.05) is 11.8 Å². The lowest BCUT2D eigenvalue weighted by Gasteiger charge is -2.33. The average Bonchev–Trinajstić information content (AvgIpc) is 2.96. The quantitative estimate of drug-likeness (QED) is 0.856. The zero-order valence-electron chi connectivity index (χ0n) is 11.0. The van der Waals surface area contributed by atoms with Gasteiger partial charge in [-0.15, -0.1) is 0 Å². The molecular weight excluding hydrogens is 250 g/mol. The molecule has 1 N–H and O–H groups in total. The van der Waals surface area contributed by atoms with Crippen molar-refractivity contribution < 1.29 is 14.3 Å². The second-order valence-electron chi connectivity index (χ2n) is 5.13. The fourth-order valence-corrected chi connectivity index (χ4v) is 2.81. The van der Waals surface area contributed by atoms with Crippen LogP contribution in [0.2, 0.25) is 0 Å². The van der Waals surface area contributed by atoms with E-state index in [0.717, 1.165) is 17.9 Å². The fraction of sp³-hybridized carbons (Fsp3) is 0.615. The molecule has 100 valence electrons. The van der Waals surface area contributed by atoms with Crippen molar-refractivity contribution >= 4 is 17.7 Å². The van der Waals surface area contributed by atoms with E-state index >= 15 is 0 Å². The van der Waals surface area contributed by atoms with Gasteiger partial charge in [-0.25, -0.2) is 0 Å². The van der Waals surface area contributed by atoms with Crippen LogP contribution < -0.4 is 0 Å². The van der Waals surface area contributed by atoms with E-state index in [1.807, 2.05) is 6.26 Å². The van der Waals surface area contributed by atoms with E-state index in [1.54, 1.807) is 30.9 Å². The lowest BCUT2D eigenvalue weighted by atomic mass is 9.96. The number of likely N-dealkylation sites (tertiary alicyclic amines) is 1. The van der Waals surface area contributed by atoms with Crippen molar-refractivity contribution in [3.05, 3.63) is 17.9 Å². The molecule has 0 bridgehead atoms. The molecule has 4 nitrogen and oxygen atoms in total. The van der Waals surface area contributed by atoms with Crippen molar-refractivity contribution in [2.24, 2.45) is 0 Å². The van der Waals surface area contributed by atoms with Crippen LogP contribution in [0, 0.1) is 0 Å². The molecule has 2 heterocycles. The van der Waals surface area contributed by atoms with Crippen LogP contribution in [0.25, 0.3) is 0 Å². The monoisotopic (exact) mass is 269 g/mol. The molecule has 0 spiro atoms. The fourth-order valence-electron chi connectivity index (χ4n) is 2.43. The van der Waals surface area contributed by atoms with Crippen LogP contribution in [0.4, 0.5) is 0 Å². The second kappa shape index (κ2) is 4.97. The minimum atomic E-state index is -0.874. The first-order valence-corrected chi connectivity index (χ1v) is 7.33. The first kappa shape index (κ1) is 13.5. The van der Waals surface area contributed by atoms with Crippen molar-refractivity contribution in [2.75, 3.05) is 12.8 Å². The summed E-state index contributed by atoms with van der Waals surface area (Å²) in [5.41, 5.74) is -0.874. The van der Waals surface area contributed by atoms with Gasteiger partial charge in [0.1, 0.15) is 0 Å². The van der Waals surface area contributed by atoms with Gasteiger partial charge in [0, 0.05) is 6.54 Å². The van der Waals surface area contributed by atoms with E-state index in [9.17, 15) is 9.90 Å². The van der Waals surface area contributed by atoms with Crippen molar-refractivity contribution in [2.45, 2.75) is 43.4 Å². The lowest BCUT2D eigenvalue weighted by molar-refractivity contribution is -0.000917. The standard InChI is InChI=1S/C13H19NO3S/c1-13(2,16)10-5-4-8-14(10)12(15)9-6-7-11(17-9)18-3/h6-7,10,16H,4-5,8H2,1-3H3. The molecule has 1 fully saturated rings. The summed E-state index contributed by atoms with van der Waals surface area (Å²) in [5, 5.41) is 10.8. The van der Waals surface area contributed by atoms with E-state index in [4.69, 9.17) is 4.42 Å². The number of carbonyl (C=O) groups is 1. The van der Waals surface area contributed by atoms with Crippen LogP contribution in [-0.2, 0) is 0 Å². The summed E-state index contributed by atoms with van der Waals surface area (Å²) in [6, 6.07) is 3.37. The number of furan rings is 1. The van der Waals surface area contributed by atoms with Gasteiger partial charge in [0.25, 0.3) is 5.91 Å². The van der Waals surface area contributed by atoms with Crippen LogP contribution in [0.3, 0.4) is 0 Å². The minimum Gasteiger partial charge on any atom is -0.445 e. The van der Waals surface area contributed by atoms with Gasteiger partial charge >= 0.3 is 0 Å². The molecule has 1 aliphatic rings. The summed E-state index contributed by atoms with van der Waals surface area (Å²) >= 11 is 1.47. The van der Waals surface area contributed by atoms with Crippen LogP contribution in [0.15, 0.2) is 21.6 Å². The second-order valence-corrected chi connectivity index (χ2v) is 5.94. The maximum absolute atomic E-state index is 12.3. The highest BCUT2D eigenvalue weighted by atomic mass is 32.2. The number of thioether (sulfide) groups is 1. The number of amides is 1. The SMILES string of the molecule is CSc1ccc(C(=O)N2CCCC2C(C)(C)O)o1. The van der Waals surface area contributed by atoms with Gasteiger partial charge in [0.15, 0.2) is 10.9 Å². The van der Waals surface area contributed by atoms with Gasteiger partial charge in [-0.3, -0.25) is 4.79 Å². The summed E-state index contributed by atoms with van der Waals surface area (Å²) < 4.78 is 5.46. The van der Waals surface area contributed by atoms with Crippen LogP contribution in [-0.4, -0.2) is 40.4 Å². The summed E-state index contributed by atoms with van der Waals surface area (Å²) in [6.07, 6.45) is 3.67.